The number of hydrogen-bond donors (Lipinski definition) is 0. The van der Waals surface area contributed by atoms with Crippen molar-refractivity contribution in [3.63, 3.8) is 0 Å². The lowest BCUT2D eigenvalue weighted by Gasteiger charge is -2.37. The van der Waals surface area contributed by atoms with Gasteiger partial charge in [0.1, 0.15) is 0 Å². The number of nitrogens with zero attached hydrogens (tertiary/aromatic N) is 2. The van der Waals surface area contributed by atoms with E-state index in [-0.39, 0.29) is 0 Å². The summed E-state index contributed by atoms with van der Waals surface area (Å²) in [7, 11) is 0. The van der Waals surface area contributed by atoms with Crippen LogP contribution in [-0.2, 0) is 4.79 Å². The molecule has 0 aromatic heterocycles. The van der Waals surface area contributed by atoms with E-state index < -0.39 is 0 Å². The number of anilines is 1. The van der Waals surface area contributed by atoms with Gasteiger partial charge in [0.05, 0.1) is 0 Å². The molecule has 2 saturated heterocycles. The zero-order valence-electron chi connectivity index (χ0n) is 12.5. The lowest BCUT2D eigenvalue weighted by atomic mass is 10.0. The summed E-state index contributed by atoms with van der Waals surface area (Å²) in [6.45, 7) is 3.64. The van der Waals surface area contributed by atoms with Gasteiger partial charge in [-0.1, -0.05) is 18.2 Å². The number of para-hydroxylation sites is 1. The second-order valence-electron chi connectivity index (χ2n) is 5.99. The van der Waals surface area contributed by atoms with E-state index in [2.05, 4.69) is 34.1 Å². The smallest absolute Gasteiger partial charge is 0.222 e. The van der Waals surface area contributed by atoms with Crippen molar-refractivity contribution in [2.24, 2.45) is 5.92 Å². The monoisotopic (exact) mass is 304 g/mol. The van der Waals surface area contributed by atoms with Crippen LogP contribution in [0.3, 0.4) is 0 Å². The molecule has 1 atom stereocenters. The fourth-order valence-electron chi connectivity index (χ4n) is 3.20. The van der Waals surface area contributed by atoms with Gasteiger partial charge in [0.2, 0.25) is 5.91 Å². The third kappa shape index (κ3) is 3.94. The van der Waals surface area contributed by atoms with Crippen LogP contribution in [-0.4, -0.2) is 48.5 Å². The Labute approximate surface area is 131 Å². The summed E-state index contributed by atoms with van der Waals surface area (Å²) in [6, 6.07) is 10.5. The molecule has 3 nitrogen and oxygen atoms in total. The topological polar surface area (TPSA) is 23.6 Å². The molecule has 2 aliphatic heterocycles. The standard InChI is InChI=1S/C17H24N2OS/c20-17(13-15-5-4-12-21-14-15)19-10-8-18(9-11-19)16-6-2-1-3-7-16/h1-3,6-7,15H,4-5,8-14H2. The molecule has 3 rings (SSSR count). The summed E-state index contributed by atoms with van der Waals surface area (Å²) in [5.74, 6) is 3.44. The van der Waals surface area contributed by atoms with Crippen LogP contribution in [0.2, 0.25) is 0 Å². The van der Waals surface area contributed by atoms with Gasteiger partial charge in [-0.2, -0.15) is 11.8 Å². The first-order valence-electron chi connectivity index (χ1n) is 7.98. The second-order valence-corrected chi connectivity index (χ2v) is 7.14. The molecule has 1 aromatic carbocycles. The number of amides is 1. The number of benzene rings is 1. The van der Waals surface area contributed by atoms with Crippen molar-refractivity contribution in [2.45, 2.75) is 19.3 Å². The highest BCUT2D eigenvalue weighted by Crippen LogP contribution is 2.26. The Morgan fingerprint density at radius 2 is 1.90 bits per heavy atom. The van der Waals surface area contributed by atoms with Gasteiger partial charge in [0.25, 0.3) is 0 Å². The molecule has 1 unspecified atom stereocenters. The fraction of sp³-hybridized carbons (Fsp3) is 0.588. The SMILES string of the molecule is O=C(CC1CCCSC1)N1CCN(c2ccccc2)CC1. The van der Waals surface area contributed by atoms with Gasteiger partial charge in [-0.15, -0.1) is 0 Å². The molecule has 4 heteroatoms. The third-order valence-electron chi connectivity index (χ3n) is 4.47. The summed E-state index contributed by atoms with van der Waals surface area (Å²) in [5, 5.41) is 0. The van der Waals surface area contributed by atoms with Gasteiger partial charge in [-0.25, -0.2) is 0 Å². The molecule has 0 N–H and O–H groups in total. The predicted molar refractivity (Wildman–Crippen MR) is 89.9 cm³/mol. The van der Waals surface area contributed by atoms with Crippen molar-refractivity contribution in [1.29, 1.82) is 0 Å². The summed E-state index contributed by atoms with van der Waals surface area (Å²) in [5.41, 5.74) is 1.27. The number of hydrogen-bond acceptors (Lipinski definition) is 3. The Morgan fingerprint density at radius 1 is 1.14 bits per heavy atom. The van der Waals surface area contributed by atoms with Crippen molar-refractivity contribution in [3.8, 4) is 0 Å². The highest BCUT2D eigenvalue weighted by atomic mass is 32.2. The number of carbonyl (C=O) groups excluding carboxylic acids is 1. The van der Waals surface area contributed by atoms with E-state index in [9.17, 15) is 4.79 Å². The van der Waals surface area contributed by atoms with Crippen molar-refractivity contribution in [1.82, 2.24) is 4.90 Å². The molecular formula is C17H24N2OS. The first-order valence-corrected chi connectivity index (χ1v) is 9.14. The molecule has 21 heavy (non-hydrogen) atoms. The van der Waals surface area contributed by atoms with Crippen LogP contribution in [0.25, 0.3) is 0 Å². The lowest BCUT2D eigenvalue weighted by Crippen LogP contribution is -2.49. The van der Waals surface area contributed by atoms with E-state index >= 15 is 0 Å². The van der Waals surface area contributed by atoms with Crippen molar-refractivity contribution < 1.29 is 4.79 Å². The van der Waals surface area contributed by atoms with Gasteiger partial charge >= 0.3 is 0 Å². The minimum absolute atomic E-state index is 0.371. The number of thioether (sulfide) groups is 1. The third-order valence-corrected chi connectivity index (χ3v) is 5.76. The Kier molecular flexibility index (Phi) is 5.07. The Bertz CT molecular complexity index is 451. The normalized spacial score (nSPS) is 23.1. The average molecular weight is 304 g/mol. The Morgan fingerprint density at radius 3 is 2.57 bits per heavy atom. The molecule has 1 aromatic rings. The van der Waals surface area contributed by atoms with Gasteiger partial charge in [-0.05, 0) is 42.4 Å². The van der Waals surface area contributed by atoms with Crippen LogP contribution in [0.5, 0.6) is 0 Å². The van der Waals surface area contributed by atoms with Crippen LogP contribution in [0.1, 0.15) is 19.3 Å². The van der Waals surface area contributed by atoms with Crippen LogP contribution < -0.4 is 4.90 Å². The van der Waals surface area contributed by atoms with Crippen molar-refractivity contribution in [2.75, 3.05) is 42.6 Å². The van der Waals surface area contributed by atoms with Gasteiger partial charge < -0.3 is 9.80 Å². The van der Waals surface area contributed by atoms with Crippen LogP contribution in [0, 0.1) is 5.92 Å². The van der Waals surface area contributed by atoms with Crippen molar-refractivity contribution in [3.05, 3.63) is 30.3 Å². The molecule has 114 valence electrons. The largest absolute Gasteiger partial charge is 0.368 e. The van der Waals surface area contributed by atoms with E-state index in [0.29, 0.717) is 11.8 Å². The maximum Gasteiger partial charge on any atom is 0.222 e. The number of piperazine rings is 1. The lowest BCUT2D eigenvalue weighted by molar-refractivity contribution is -0.132. The van der Waals surface area contributed by atoms with Crippen LogP contribution in [0.15, 0.2) is 30.3 Å². The summed E-state index contributed by atoms with van der Waals surface area (Å²) < 4.78 is 0. The molecule has 0 spiro atoms. The van der Waals surface area contributed by atoms with Crippen LogP contribution in [0.4, 0.5) is 5.69 Å². The maximum absolute atomic E-state index is 12.4. The molecule has 0 bridgehead atoms. The molecule has 0 aliphatic carbocycles. The molecule has 2 fully saturated rings. The summed E-state index contributed by atoms with van der Waals surface area (Å²) >= 11 is 2.01. The van der Waals surface area contributed by atoms with E-state index in [0.717, 1.165) is 32.6 Å². The zero-order valence-corrected chi connectivity index (χ0v) is 13.4. The van der Waals surface area contributed by atoms with Gasteiger partial charge in [0.15, 0.2) is 0 Å². The fourth-order valence-corrected chi connectivity index (χ4v) is 4.35. The van der Waals surface area contributed by atoms with Gasteiger partial charge in [-0.3, -0.25) is 4.79 Å². The van der Waals surface area contributed by atoms with E-state index in [1.165, 1.54) is 30.0 Å². The first kappa shape index (κ1) is 14.8. The molecule has 1 amide bonds. The minimum Gasteiger partial charge on any atom is -0.368 e. The van der Waals surface area contributed by atoms with Crippen LogP contribution >= 0.6 is 11.8 Å². The Balaban J connectivity index is 1.47. The molecule has 0 saturated carbocycles. The average Bonchev–Trinajstić information content (AvgIpc) is 2.57. The highest BCUT2D eigenvalue weighted by molar-refractivity contribution is 7.99. The quantitative estimate of drug-likeness (QED) is 0.858. The van der Waals surface area contributed by atoms with E-state index in [4.69, 9.17) is 0 Å². The second kappa shape index (κ2) is 7.21. The summed E-state index contributed by atoms with van der Waals surface area (Å²) in [6.07, 6.45) is 3.28. The number of carbonyl (C=O) groups is 1. The van der Waals surface area contributed by atoms with E-state index in [1.54, 1.807) is 0 Å². The first-order chi connectivity index (χ1) is 10.3. The summed E-state index contributed by atoms with van der Waals surface area (Å²) in [4.78, 5) is 16.9. The minimum atomic E-state index is 0.371. The highest BCUT2D eigenvalue weighted by Gasteiger charge is 2.24. The van der Waals surface area contributed by atoms with Crippen molar-refractivity contribution >= 4 is 23.4 Å². The molecule has 2 heterocycles. The predicted octanol–water partition coefficient (Wildman–Crippen LogP) is 2.87. The molecule has 2 aliphatic rings. The van der Waals surface area contributed by atoms with Gasteiger partial charge in [0, 0.05) is 38.3 Å². The molecule has 0 radical (unpaired) electrons. The maximum atomic E-state index is 12.4. The van der Waals surface area contributed by atoms with E-state index in [1.807, 2.05) is 17.8 Å². The zero-order chi connectivity index (χ0) is 14.5. The molecular weight excluding hydrogens is 280 g/mol. The Hall–Kier alpha value is -1.16. The number of rotatable bonds is 3.